The normalized spacial score (nSPS) is 14.7. The highest BCUT2D eigenvalue weighted by atomic mass is 35.5. The van der Waals surface area contributed by atoms with Crippen LogP contribution < -0.4 is 15.4 Å². The SMILES string of the molecule is C.CNc1c(C(=O)N[C@H]2CCOc3ccccc32)sc2c(-c3cccc(Cl)c3Cl)cccc12. The number of anilines is 1. The van der Waals surface area contributed by atoms with Gasteiger partial charge in [-0.1, -0.05) is 79.2 Å². The third-order valence-corrected chi connectivity index (χ3v) is 7.73. The van der Waals surface area contributed by atoms with Gasteiger partial charge < -0.3 is 15.4 Å². The Morgan fingerprint density at radius 2 is 1.79 bits per heavy atom. The molecule has 0 radical (unpaired) electrons. The van der Waals surface area contributed by atoms with Gasteiger partial charge in [0.1, 0.15) is 10.6 Å². The van der Waals surface area contributed by atoms with Crippen molar-refractivity contribution in [3.8, 4) is 16.9 Å². The summed E-state index contributed by atoms with van der Waals surface area (Å²) in [5, 5.41) is 8.42. The molecule has 0 fully saturated rings. The molecule has 0 saturated carbocycles. The highest BCUT2D eigenvalue weighted by Crippen LogP contribution is 2.44. The minimum absolute atomic E-state index is 0. The van der Waals surface area contributed by atoms with Gasteiger partial charge in [0.2, 0.25) is 0 Å². The number of hydrogen-bond donors (Lipinski definition) is 2. The number of amides is 1. The molecule has 2 heterocycles. The lowest BCUT2D eigenvalue weighted by Crippen LogP contribution is -2.32. The summed E-state index contributed by atoms with van der Waals surface area (Å²) >= 11 is 14.2. The highest BCUT2D eigenvalue weighted by Gasteiger charge is 2.26. The number of carbonyl (C=O) groups is 1. The Bertz CT molecular complexity index is 1340. The van der Waals surface area contributed by atoms with Crippen LogP contribution in [0.3, 0.4) is 0 Å². The van der Waals surface area contributed by atoms with Gasteiger partial charge >= 0.3 is 0 Å². The summed E-state index contributed by atoms with van der Waals surface area (Å²) in [6.07, 6.45) is 0.728. The van der Waals surface area contributed by atoms with Gasteiger partial charge in [-0.05, 0) is 12.1 Å². The van der Waals surface area contributed by atoms with E-state index in [0.717, 1.165) is 44.6 Å². The van der Waals surface area contributed by atoms with Crippen molar-refractivity contribution < 1.29 is 9.53 Å². The highest BCUT2D eigenvalue weighted by molar-refractivity contribution is 7.22. The summed E-state index contributed by atoms with van der Waals surface area (Å²) in [5.74, 6) is 0.715. The van der Waals surface area contributed by atoms with E-state index < -0.39 is 0 Å². The average molecular weight is 499 g/mol. The molecule has 170 valence electrons. The van der Waals surface area contributed by atoms with Gasteiger partial charge in [0.25, 0.3) is 5.91 Å². The van der Waals surface area contributed by atoms with Crippen molar-refractivity contribution in [3.05, 3.63) is 81.1 Å². The molecule has 5 rings (SSSR count). The van der Waals surface area contributed by atoms with Gasteiger partial charge in [0, 0.05) is 40.2 Å². The molecule has 0 saturated heterocycles. The standard InChI is InChI=1S/C25H20Cl2N2O2S.CH4/c1-28-22-17-9-4-8-15(14-7-5-10-18(26)21(14)27)23(17)32-24(22)25(30)29-19-12-13-31-20-11-3-2-6-16(19)20;/h2-11,19,28H,12-13H2,1H3,(H,29,30);1H4/t19-;/m0./s1. The Balaban J connectivity index is 0.00000259. The van der Waals surface area contributed by atoms with Gasteiger partial charge in [0.15, 0.2) is 0 Å². The maximum Gasteiger partial charge on any atom is 0.264 e. The quantitative estimate of drug-likeness (QED) is 0.301. The monoisotopic (exact) mass is 498 g/mol. The van der Waals surface area contributed by atoms with Crippen molar-refractivity contribution in [1.29, 1.82) is 0 Å². The van der Waals surface area contributed by atoms with Crippen LogP contribution in [0.5, 0.6) is 5.75 Å². The van der Waals surface area contributed by atoms with Crippen molar-refractivity contribution in [2.75, 3.05) is 19.0 Å². The van der Waals surface area contributed by atoms with Gasteiger partial charge in [0.05, 0.1) is 28.4 Å². The smallest absolute Gasteiger partial charge is 0.264 e. The zero-order valence-corrected chi connectivity index (χ0v) is 19.6. The molecule has 2 N–H and O–H groups in total. The van der Waals surface area contributed by atoms with Crippen molar-refractivity contribution in [2.45, 2.75) is 19.9 Å². The van der Waals surface area contributed by atoms with Crippen LogP contribution in [-0.2, 0) is 0 Å². The molecule has 1 aliphatic heterocycles. The van der Waals surface area contributed by atoms with Crippen molar-refractivity contribution in [3.63, 3.8) is 0 Å². The number of thiophene rings is 1. The van der Waals surface area contributed by atoms with Crippen molar-refractivity contribution in [1.82, 2.24) is 5.32 Å². The molecule has 0 bridgehead atoms. The predicted molar refractivity (Wildman–Crippen MR) is 140 cm³/mol. The lowest BCUT2D eigenvalue weighted by atomic mass is 10.0. The largest absolute Gasteiger partial charge is 0.493 e. The van der Waals surface area contributed by atoms with E-state index in [0.29, 0.717) is 21.5 Å². The minimum Gasteiger partial charge on any atom is -0.493 e. The fraction of sp³-hybridized carbons (Fsp3) is 0.192. The number of halogens is 2. The second-order valence-corrected chi connectivity index (χ2v) is 9.35. The number of ether oxygens (including phenoxy) is 1. The number of hydrogen-bond acceptors (Lipinski definition) is 4. The fourth-order valence-electron chi connectivity index (χ4n) is 4.17. The Labute approximate surface area is 207 Å². The van der Waals surface area contributed by atoms with E-state index in [1.54, 1.807) is 6.07 Å². The average Bonchev–Trinajstić information content (AvgIpc) is 3.20. The molecule has 3 aromatic carbocycles. The van der Waals surface area contributed by atoms with Crippen molar-refractivity contribution in [2.24, 2.45) is 0 Å². The van der Waals surface area contributed by atoms with Gasteiger partial charge in [-0.15, -0.1) is 11.3 Å². The van der Waals surface area contributed by atoms with Crippen molar-refractivity contribution >= 4 is 56.2 Å². The molecule has 0 aliphatic carbocycles. The van der Waals surface area contributed by atoms with E-state index in [4.69, 9.17) is 27.9 Å². The third kappa shape index (κ3) is 4.17. The summed E-state index contributed by atoms with van der Waals surface area (Å²) in [6.45, 7) is 0.574. The summed E-state index contributed by atoms with van der Waals surface area (Å²) in [4.78, 5) is 14.0. The molecular formula is C26H24Cl2N2O2S. The van der Waals surface area contributed by atoms with Crippen LogP contribution in [0.15, 0.2) is 60.7 Å². The summed E-state index contributed by atoms with van der Waals surface area (Å²) in [5.41, 5.74) is 3.61. The van der Waals surface area contributed by atoms with Crippen LogP contribution >= 0.6 is 34.5 Å². The summed E-state index contributed by atoms with van der Waals surface area (Å²) in [6, 6.07) is 19.3. The van der Waals surface area contributed by atoms with Crippen LogP contribution in [-0.4, -0.2) is 19.6 Å². The number of para-hydroxylation sites is 1. The Morgan fingerprint density at radius 3 is 2.61 bits per heavy atom. The van der Waals surface area contributed by atoms with Crippen LogP contribution in [0.1, 0.15) is 35.1 Å². The first-order valence-corrected chi connectivity index (χ1v) is 11.9. The van der Waals surface area contributed by atoms with E-state index in [1.807, 2.05) is 61.6 Å². The Morgan fingerprint density at radius 1 is 1.03 bits per heavy atom. The van der Waals surface area contributed by atoms with Crippen LogP contribution in [0.4, 0.5) is 5.69 Å². The predicted octanol–water partition coefficient (Wildman–Crippen LogP) is 7.81. The summed E-state index contributed by atoms with van der Waals surface area (Å²) in [7, 11) is 1.83. The minimum atomic E-state index is -0.111. The van der Waals surface area contributed by atoms with Gasteiger partial charge in [-0.2, -0.15) is 0 Å². The second-order valence-electron chi connectivity index (χ2n) is 7.54. The molecule has 0 unspecified atom stereocenters. The molecule has 1 amide bonds. The van der Waals surface area contributed by atoms with Crippen LogP contribution in [0.25, 0.3) is 21.2 Å². The zero-order valence-electron chi connectivity index (χ0n) is 17.2. The Kier molecular flexibility index (Phi) is 6.84. The van der Waals surface area contributed by atoms with E-state index in [9.17, 15) is 4.79 Å². The van der Waals surface area contributed by atoms with E-state index in [2.05, 4.69) is 10.6 Å². The molecule has 1 aliphatic rings. The lowest BCUT2D eigenvalue weighted by Gasteiger charge is -2.26. The first-order chi connectivity index (χ1) is 15.6. The molecule has 1 atom stereocenters. The molecule has 4 nitrogen and oxygen atoms in total. The fourth-order valence-corrected chi connectivity index (χ4v) is 5.81. The zero-order chi connectivity index (χ0) is 22.2. The van der Waals surface area contributed by atoms with E-state index in [-0.39, 0.29) is 19.4 Å². The summed E-state index contributed by atoms with van der Waals surface area (Å²) < 4.78 is 6.72. The van der Waals surface area contributed by atoms with Gasteiger partial charge in [-0.25, -0.2) is 0 Å². The number of benzene rings is 3. The molecule has 0 spiro atoms. The van der Waals surface area contributed by atoms with Crippen LogP contribution in [0.2, 0.25) is 10.0 Å². The van der Waals surface area contributed by atoms with Gasteiger partial charge in [-0.3, -0.25) is 4.79 Å². The van der Waals surface area contributed by atoms with E-state index in [1.165, 1.54) is 11.3 Å². The molecule has 1 aromatic heterocycles. The molecule has 33 heavy (non-hydrogen) atoms. The molecular weight excluding hydrogens is 475 g/mol. The lowest BCUT2D eigenvalue weighted by molar-refractivity contribution is 0.0929. The second kappa shape index (κ2) is 9.64. The number of fused-ring (bicyclic) bond motifs is 2. The maximum atomic E-state index is 13.4. The maximum absolute atomic E-state index is 13.4. The Hall–Kier alpha value is -2.73. The number of rotatable bonds is 4. The first kappa shape index (κ1) is 23.4. The number of nitrogens with one attached hydrogen (secondary N) is 2. The third-order valence-electron chi connectivity index (χ3n) is 5.68. The molecule has 7 heteroatoms. The van der Waals surface area contributed by atoms with E-state index >= 15 is 0 Å². The van der Waals surface area contributed by atoms with Crippen LogP contribution in [0, 0.1) is 0 Å². The first-order valence-electron chi connectivity index (χ1n) is 10.3. The topological polar surface area (TPSA) is 50.4 Å². The molecule has 4 aromatic rings. The number of carbonyl (C=O) groups excluding carboxylic acids is 1.